The van der Waals surface area contributed by atoms with Gasteiger partial charge >= 0.3 is 5.97 Å². The van der Waals surface area contributed by atoms with Crippen molar-refractivity contribution in [2.75, 3.05) is 19.0 Å². The number of carbonyl (C=O) groups is 1. The van der Waals surface area contributed by atoms with Gasteiger partial charge < -0.3 is 14.5 Å². The van der Waals surface area contributed by atoms with E-state index >= 15 is 0 Å². The maximum absolute atomic E-state index is 11.0. The van der Waals surface area contributed by atoms with E-state index in [4.69, 9.17) is 9.63 Å². The van der Waals surface area contributed by atoms with Crippen molar-refractivity contribution in [1.29, 1.82) is 0 Å². The highest BCUT2D eigenvalue weighted by molar-refractivity contribution is 5.94. The molecule has 0 aliphatic carbocycles. The van der Waals surface area contributed by atoms with Gasteiger partial charge in [-0.05, 0) is 12.1 Å². The van der Waals surface area contributed by atoms with E-state index in [9.17, 15) is 4.79 Å². The third-order valence-electron chi connectivity index (χ3n) is 2.43. The quantitative estimate of drug-likeness (QED) is 0.877. The Kier molecular flexibility index (Phi) is 2.82. The van der Waals surface area contributed by atoms with E-state index < -0.39 is 5.97 Å². The van der Waals surface area contributed by atoms with Crippen molar-refractivity contribution >= 4 is 11.7 Å². The fourth-order valence-corrected chi connectivity index (χ4v) is 1.53. The average Bonchev–Trinajstić information content (AvgIpc) is 2.78. The molecule has 0 fully saturated rings. The lowest BCUT2D eigenvalue weighted by Crippen LogP contribution is -2.08. The molecule has 1 aromatic carbocycles. The molecular weight excluding hydrogens is 220 g/mol. The molecular formula is C12H12N2O3. The summed E-state index contributed by atoms with van der Waals surface area (Å²) in [4.78, 5) is 12.9. The molecule has 17 heavy (non-hydrogen) atoms. The highest BCUT2D eigenvalue weighted by atomic mass is 16.5. The smallest absolute Gasteiger partial charge is 0.341 e. The molecule has 0 bridgehead atoms. The minimum atomic E-state index is -1.04. The standard InChI is InChI=1S/C12H12N2O3/c1-14(2)9-5-3-4-8(6-9)11-10(12(15)16)7-13-17-11/h3-7H,1-2H3,(H,15,16). The van der Waals surface area contributed by atoms with Gasteiger partial charge in [-0.1, -0.05) is 17.3 Å². The monoisotopic (exact) mass is 232 g/mol. The lowest BCUT2D eigenvalue weighted by Gasteiger charge is -2.12. The van der Waals surface area contributed by atoms with Crippen molar-refractivity contribution in [1.82, 2.24) is 5.16 Å². The summed E-state index contributed by atoms with van der Waals surface area (Å²) in [6.07, 6.45) is 1.21. The molecule has 1 N–H and O–H groups in total. The van der Waals surface area contributed by atoms with Crippen LogP contribution < -0.4 is 4.90 Å². The van der Waals surface area contributed by atoms with Crippen LogP contribution in [0, 0.1) is 0 Å². The van der Waals surface area contributed by atoms with E-state index in [0.717, 1.165) is 5.69 Å². The van der Waals surface area contributed by atoms with Gasteiger partial charge in [0.2, 0.25) is 0 Å². The van der Waals surface area contributed by atoms with E-state index in [1.165, 1.54) is 6.20 Å². The van der Waals surface area contributed by atoms with Crippen LogP contribution in [0.4, 0.5) is 5.69 Å². The molecule has 2 rings (SSSR count). The molecule has 1 aromatic heterocycles. The number of aromatic carboxylic acids is 1. The summed E-state index contributed by atoms with van der Waals surface area (Å²) in [5.41, 5.74) is 1.74. The van der Waals surface area contributed by atoms with Gasteiger partial charge in [-0.3, -0.25) is 0 Å². The molecule has 0 radical (unpaired) electrons. The minimum Gasteiger partial charge on any atom is -0.477 e. The second kappa shape index (κ2) is 4.29. The Labute approximate surface area is 98.3 Å². The molecule has 0 amide bonds. The second-order valence-corrected chi connectivity index (χ2v) is 3.82. The molecule has 0 saturated carbocycles. The third-order valence-corrected chi connectivity index (χ3v) is 2.43. The van der Waals surface area contributed by atoms with Crippen LogP contribution in [0.15, 0.2) is 35.0 Å². The van der Waals surface area contributed by atoms with Crippen LogP contribution in [0.2, 0.25) is 0 Å². The third kappa shape index (κ3) is 2.13. The molecule has 0 saturated heterocycles. The van der Waals surface area contributed by atoms with Crippen molar-refractivity contribution < 1.29 is 14.4 Å². The SMILES string of the molecule is CN(C)c1cccc(-c2oncc2C(=O)O)c1. The predicted octanol–water partition coefficient (Wildman–Crippen LogP) is 2.11. The molecule has 0 atom stereocenters. The summed E-state index contributed by atoms with van der Waals surface area (Å²) in [7, 11) is 3.83. The zero-order chi connectivity index (χ0) is 12.4. The van der Waals surface area contributed by atoms with Gasteiger partial charge in [-0.15, -0.1) is 0 Å². The van der Waals surface area contributed by atoms with Crippen LogP contribution in [0.5, 0.6) is 0 Å². The number of rotatable bonds is 3. The van der Waals surface area contributed by atoms with Crippen LogP contribution in [0.25, 0.3) is 11.3 Å². The van der Waals surface area contributed by atoms with E-state index in [-0.39, 0.29) is 11.3 Å². The number of carboxylic acids is 1. The Balaban J connectivity index is 2.49. The number of hydrogen-bond acceptors (Lipinski definition) is 4. The van der Waals surface area contributed by atoms with Crippen molar-refractivity contribution in [3.05, 3.63) is 36.0 Å². The summed E-state index contributed by atoms with van der Waals surface area (Å²) in [5.74, 6) is -0.766. The Morgan fingerprint density at radius 2 is 2.18 bits per heavy atom. The van der Waals surface area contributed by atoms with Gasteiger partial charge in [0.05, 0.1) is 6.20 Å². The number of benzene rings is 1. The van der Waals surface area contributed by atoms with Gasteiger partial charge in [0, 0.05) is 25.3 Å². The van der Waals surface area contributed by atoms with Gasteiger partial charge in [0.25, 0.3) is 0 Å². The lowest BCUT2D eigenvalue weighted by molar-refractivity contribution is 0.0697. The Bertz CT molecular complexity index is 546. The number of anilines is 1. The van der Waals surface area contributed by atoms with E-state index in [1.54, 1.807) is 6.07 Å². The zero-order valence-electron chi connectivity index (χ0n) is 9.54. The maximum atomic E-state index is 11.0. The molecule has 1 heterocycles. The van der Waals surface area contributed by atoms with Crippen LogP contribution in [-0.4, -0.2) is 30.3 Å². The summed E-state index contributed by atoms with van der Waals surface area (Å²) in [5, 5.41) is 12.5. The molecule has 0 unspecified atom stereocenters. The molecule has 5 heteroatoms. The zero-order valence-corrected chi connectivity index (χ0v) is 9.54. The van der Waals surface area contributed by atoms with Crippen LogP contribution in [0.1, 0.15) is 10.4 Å². The van der Waals surface area contributed by atoms with Gasteiger partial charge in [0.1, 0.15) is 5.56 Å². The molecule has 88 valence electrons. The van der Waals surface area contributed by atoms with Crippen LogP contribution in [0.3, 0.4) is 0 Å². The summed E-state index contributed by atoms with van der Waals surface area (Å²) < 4.78 is 5.00. The molecule has 2 aromatic rings. The minimum absolute atomic E-state index is 0.0703. The second-order valence-electron chi connectivity index (χ2n) is 3.82. The van der Waals surface area contributed by atoms with Crippen molar-refractivity contribution in [3.8, 4) is 11.3 Å². The molecule has 0 aliphatic rings. The Hall–Kier alpha value is -2.30. The largest absolute Gasteiger partial charge is 0.477 e. The number of carboxylic acid groups (broad SMARTS) is 1. The van der Waals surface area contributed by atoms with Gasteiger partial charge in [-0.2, -0.15) is 0 Å². The van der Waals surface area contributed by atoms with Gasteiger partial charge in [-0.25, -0.2) is 4.79 Å². The van der Waals surface area contributed by atoms with Crippen molar-refractivity contribution in [2.24, 2.45) is 0 Å². The first-order valence-electron chi connectivity index (χ1n) is 5.05. The predicted molar refractivity (Wildman–Crippen MR) is 63.2 cm³/mol. The summed E-state index contributed by atoms with van der Waals surface area (Å²) in [6, 6.07) is 7.42. The van der Waals surface area contributed by atoms with E-state index in [2.05, 4.69) is 5.16 Å². The Morgan fingerprint density at radius 1 is 1.41 bits per heavy atom. The van der Waals surface area contributed by atoms with Gasteiger partial charge in [0.15, 0.2) is 5.76 Å². The maximum Gasteiger partial charge on any atom is 0.341 e. The Morgan fingerprint density at radius 3 is 2.82 bits per heavy atom. The molecule has 0 spiro atoms. The first-order chi connectivity index (χ1) is 8.09. The molecule has 5 nitrogen and oxygen atoms in total. The first kappa shape index (κ1) is 11.2. The van der Waals surface area contributed by atoms with Crippen molar-refractivity contribution in [2.45, 2.75) is 0 Å². The highest BCUT2D eigenvalue weighted by Gasteiger charge is 2.17. The van der Waals surface area contributed by atoms with E-state index in [0.29, 0.717) is 5.56 Å². The summed E-state index contributed by atoms with van der Waals surface area (Å²) in [6.45, 7) is 0. The van der Waals surface area contributed by atoms with Crippen LogP contribution >= 0.6 is 0 Å². The molecule has 0 aliphatic heterocycles. The normalized spacial score (nSPS) is 10.2. The first-order valence-corrected chi connectivity index (χ1v) is 5.05. The van der Waals surface area contributed by atoms with Crippen LogP contribution in [-0.2, 0) is 0 Å². The fraction of sp³-hybridized carbons (Fsp3) is 0.167. The topological polar surface area (TPSA) is 66.6 Å². The number of hydrogen-bond donors (Lipinski definition) is 1. The number of aromatic nitrogens is 1. The van der Waals surface area contributed by atoms with E-state index in [1.807, 2.05) is 37.2 Å². The lowest BCUT2D eigenvalue weighted by atomic mass is 10.1. The number of nitrogens with zero attached hydrogens (tertiary/aromatic N) is 2. The van der Waals surface area contributed by atoms with Crippen molar-refractivity contribution in [3.63, 3.8) is 0 Å². The fourth-order valence-electron chi connectivity index (χ4n) is 1.53. The average molecular weight is 232 g/mol. The summed E-state index contributed by atoms with van der Waals surface area (Å²) >= 11 is 0. The highest BCUT2D eigenvalue weighted by Crippen LogP contribution is 2.26.